The zero-order chi connectivity index (χ0) is 26.4. The van der Waals surface area contributed by atoms with Crippen LogP contribution in [0.1, 0.15) is 21.1 Å². The molecule has 0 spiro atoms. The topological polar surface area (TPSA) is 115 Å². The van der Waals surface area contributed by atoms with Crippen LogP contribution in [0.5, 0.6) is 0 Å². The molecular formula is C24H28Cl2N8O2S. The zero-order valence-corrected chi connectivity index (χ0v) is 22.9. The van der Waals surface area contributed by atoms with E-state index in [1.54, 1.807) is 6.07 Å². The number of hydrogen-bond donors (Lipinski definition) is 3. The summed E-state index contributed by atoms with van der Waals surface area (Å²) in [6.45, 7) is 8.43. The second-order valence-electron chi connectivity index (χ2n) is 8.51. The molecule has 3 N–H and O–H groups in total. The van der Waals surface area contributed by atoms with Gasteiger partial charge >= 0.3 is 0 Å². The number of nitrogens with zero attached hydrogens (tertiary/aromatic N) is 5. The normalized spacial score (nSPS) is 13.9. The van der Waals surface area contributed by atoms with Gasteiger partial charge in [0.25, 0.3) is 5.91 Å². The van der Waals surface area contributed by atoms with E-state index >= 15 is 0 Å². The number of piperazine rings is 1. The van der Waals surface area contributed by atoms with Crippen molar-refractivity contribution in [2.24, 2.45) is 0 Å². The lowest BCUT2D eigenvalue weighted by Crippen LogP contribution is -2.48. The molecule has 2 amide bonds. The van der Waals surface area contributed by atoms with Crippen LogP contribution in [-0.2, 0) is 4.79 Å². The Morgan fingerprint density at radius 2 is 1.92 bits per heavy atom. The highest BCUT2D eigenvalue weighted by Crippen LogP contribution is 2.28. The van der Waals surface area contributed by atoms with E-state index < -0.39 is 0 Å². The summed E-state index contributed by atoms with van der Waals surface area (Å²) < 4.78 is 0. The van der Waals surface area contributed by atoms with Crippen LogP contribution in [0.2, 0.25) is 5.02 Å². The second kappa shape index (κ2) is 12.5. The second-order valence-corrected chi connectivity index (χ2v) is 10.2. The smallest absolute Gasteiger partial charge is 0.267 e. The van der Waals surface area contributed by atoms with Crippen molar-refractivity contribution in [2.75, 3.05) is 60.7 Å². The van der Waals surface area contributed by atoms with Gasteiger partial charge in [0.15, 0.2) is 5.13 Å². The molecule has 2 aromatic heterocycles. The molecule has 1 fully saturated rings. The Balaban J connectivity index is 1.35. The first-order chi connectivity index (χ1) is 17.8. The van der Waals surface area contributed by atoms with Crippen LogP contribution in [0.3, 0.4) is 0 Å². The summed E-state index contributed by atoms with van der Waals surface area (Å²) in [5.41, 5.74) is 1.47. The van der Waals surface area contributed by atoms with Crippen molar-refractivity contribution in [1.29, 1.82) is 0 Å². The number of carbonyl (C=O) groups is 2. The maximum Gasteiger partial charge on any atom is 0.267 e. The van der Waals surface area contributed by atoms with E-state index in [1.807, 2.05) is 32.0 Å². The maximum absolute atomic E-state index is 12.8. The number of carbonyl (C=O) groups excluding carboxylic acids is 2. The highest BCUT2D eigenvalue weighted by molar-refractivity contribution is 7.17. The number of aromatic nitrogens is 3. The fourth-order valence-electron chi connectivity index (χ4n) is 3.89. The molecule has 1 saturated heterocycles. The van der Waals surface area contributed by atoms with Crippen molar-refractivity contribution in [3.05, 3.63) is 51.7 Å². The highest BCUT2D eigenvalue weighted by Gasteiger charge is 2.20. The molecule has 3 aromatic rings. The number of halogens is 2. The summed E-state index contributed by atoms with van der Waals surface area (Å²) in [6, 6.07) is 7.35. The van der Waals surface area contributed by atoms with Crippen LogP contribution in [0, 0.1) is 13.8 Å². The Hall–Kier alpha value is -2.99. The molecule has 0 saturated carbocycles. The average Bonchev–Trinajstić information content (AvgIpc) is 3.34. The highest BCUT2D eigenvalue weighted by atomic mass is 35.5. The number of nitrogens with one attached hydrogen (secondary N) is 3. The van der Waals surface area contributed by atoms with E-state index in [0.29, 0.717) is 38.9 Å². The van der Waals surface area contributed by atoms with Gasteiger partial charge in [0, 0.05) is 45.3 Å². The minimum absolute atomic E-state index is 0.0189. The van der Waals surface area contributed by atoms with Gasteiger partial charge in [-0.3, -0.25) is 14.5 Å². The van der Waals surface area contributed by atoms with Crippen LogP contribution in [0.15, 0.2) is 30.5 Å². The predicted molar refractivity (Wildman–Crippen MR) is 149 cm³/mol. The SMILES string of the molecule is Cc1nc(Nc2ncc(C(=O)Nc3c(C)cccc3Cl)s2)cc(N2CCN(CCNC(=O)CCl)CC2)n1. The number of rotatable bonds is 9. The molecule has 3 heterocycles. The van der Waals surface area contributed by atoms with Gasteiger partial charge in [-0.25, -0.2) is 15.0 Å². The van der Waals surface area contributed by atoms with Crippen molar-refractivity contribution in [1.82, 2.24) is 25.2 Å². The first kappa shape index (κ1) is 27.1. The van der Waals surface area contributed by atoms with Gasteiger partial charge in [-0.1, -0.05) is 35.1 Å². The van der Waals surface area contributed by atoms with Crippen LogP contribution < -0.4 is 20.9 Å². The number of hydrogen-bond acceptors (Lipinski definition) is 9. The van der Waals surface area contributed by atoms with E-state index in [2.05, 4.69) is 40.7 Å². The lowest BCUT2D eigenvalue weighted by molar-refractivity contribution is -0.118. The summed E-state index contributed by atoms with van der Waals surface area (Å²) in [5.74, 6) is 1.62. The Kier molecular flexibility index (Phi) is 9.14. The van der Waals surface area contributed by atoms with Gasteiger partial charge in [-0.2, -0.15) is 0 Å². The molecule has 4 rings (SSSR count). The first-order valence-electron chi connectivity index (χ1n) is 11.8. The lowest BCUT2D eigenvalue weighted by Gasteiger charge is -2.35. The van der Waals surface area contributed by atoms with E-state index in [4.69, 9.17) is 23.2 Å². The van der Waals surface area contributed by atoms with E-state index in [1.165, 1.54) is 17.5 Å². The minimum Gasteiger partial charge on any atom is -0.354 e. The molecule has 0 unspecified atom stereocenters. The number of aryl methyl sites for hydroxylation is 2. The monoisotopic (exact) mass is 562 g/mol. The summed E-state index contributed by atoms with van der Waals surface area (Å²) in [6.07, 6.45) is 1.53. The predicted octanol–water partition coefficient (Wildman–Crippen LogP) is 3.68. The third kappa shape index (κ3) is 7.29. The van der Waals surface area contributed by atoms with Crippen LogP contribution in [0.25, 0.3) is 0 Å². The molecule has 37 heavy (non-hydrogen) atoms. The summed E-state index contributed by atoms with van der Waals surface area (Å²) in [7, 11) is 0. The standard InChI is InChI=1S/C24H28Cl2N8O2S/c1-15-4-3-5-17(26)22(15)32-23(36)18-14-28-24(37-18)31-19-12-20(30-16(2)29-19)34-10-8-33(9-11-34)7-6-27-21(35)13-25/h3-5,12,14H,6-11,13H2,1-2H3,(H,27,35)(H,32,36)(H,28,29,30,31). The van der Waals surface area contributed by atoms with E-state index in [0.717, 1.165) is 44.1 Å². The van der Waals surface area contributed by atoms with Crippen molar-refractivity contribution in [3.8, 4) is 0 Å². The molecule has 1 aliphatic heterocycles. The number of anilines is 4. The number of para-hydroxylation sites is 1. The van der Waals surface area contributed by atoms with Crippen molar-refractivity contribution < 1.29 is 9.59 Å². The summed E-state index contributed by atoms with van der Waals surface area (Å²) in [5, 5.41) is 9.90. The zero-order valence-electron chi connectivity index (χ0n) is 20.6. The summed E-state index contributed by atoms with van der Waals surface area (Å²) in [4.78, 5) is 42.4. The fourth-order valence-corrected chi connectivity index (χ4v) is 4.97. The third-order valence-corrected chi connectivity index (χ3v) is 7.29. The molecule has 13 heteroatoms. The summed E-state index contributed by atoms with van der Waals surface area (Å²) >= 11 is 13.0. The van der Waals surface area contributed by atoms with Gasteiger partial charge in [-0.05, 0) is 25.5 Å². The Morgan fingerprint density at radius 3 is 2.65 bits per heavy atom. The molecule has 0 bridgehead atoms. The van der Waals surface area contributed by atoms with Crippen molar-refractivity contribution in [2.45, 2.75) is 13.8 Å². The van der Waals surface area contributed by atoms with Crippen molar-refractivity contribution >= 4 is 68.8 Å². The number of thiazole rings is 1. The molecule has 0 aliphatic carbocycles. The maximum atomic E-state index is 12.8. The van der Waals surface area contributed by atoms with Gasteiger partial charge in [0.2, 0.25) is 5.91 Å². The molecule has 0 radical (unpaired) electrons. The lowest BCUT2D eigenvalue weighted by atomic mass is 10.2. The van der Waals surface area contributed by atoms with Crippen LogP contribution in [-0.4, -0.2) is 76.8 Å². The average molecular weight is 564 g/mol. The Labute approximate surface area is 229 Å². The molecule has 1 aromatic carbocycles. The van der Waals surface area contributed by atoms with E-state index in [-0.39, 0.29) is 17.7 Å². The largest absolute Gasteiger partial charge is 0.354 e. The van der Waals surface area contributed by atoms with Crippen LogP contribution in [0.4, 0.5) is 22.5 Å². The number of benzene rings is 1. The van der Waals surface area contributed by atoms with Crippen molar-refractivity contribution in [3.63, 3.8) is 0 Å². The first-order valence-corrected chi connectivity index (χ1v) is 13.5. The third-order valence-electron chi connectivity index (χ3n) is 5.82. The van der Waals surface area contributed by atoms with Gasteiger partial charge < -0.3 is 20.9 Å². The molecule has 10 nitrogen and oxygen atoms in total. The Morgan fingerprint density at radius 1 is 1.14 bits per heavy atom. The molecule has 196 valence electrons. The molecule has 0 atom stereocenters. The molecular weight excluding hydrogens is 535 g/mol. The van der Waals surface area contributed by atoms with Gasteiger partial charge in [0.1, 0.15) is 28.2 Å². The van der Waals surface area contributed by atoms with E-state index in [9.17, 15) is 9.59 Å². The van der Waals surface area contributed by atoms with Gasteiger partial charge in [-0.15, -0.1) is 11.6 Å². The van der Waals surface area contributed by atoms with Crippen LogP contribution >= 0.6 is 34.5 Å². The quantitative estimate of drug-likeness (QED) is 0.338. The van der Waals surface area contributed by atoms with Gasteiger partial charge in [0.05, 0.1) is 16.9 Å². The Bertz CT molecular complexity index is 1240. The number of alkyl halides is 1. The molecule has 1 aliphatic rings. The number of amides is 2. The fraction of sp³-hybridized carbons (Fsp3) is 0.375. The minimum atomic E-state index is -0.276.